The molecule has 2 N–H and O–H groups in total. The fraction of sp³-hybridized carbons (Fsp3) is 0.250. The number of aliphatic hydroxyl groups excluding tert-OH is 1. The number of fused-ring (bicyclic) bond motifs is 1. The molecule has 1 atom stereocenters. The van der Waals surface area contributed by atoms with Crippen molar-refractivity contribution in [1.82, 2.24) is 9.97 Å². The van der Waals surface area contributed by atoms with E-state index < -0.39 is 0 Å². The quantitative estimate of drug-likeness (QED) is 0.408. The molecule has 4 aromatic rings. The molecular formula is C24H25N3O3S. The number of nitrogens with zero attached hydrogens (tertiary/aromatic N) is 2. The molecule has 0 saturated heterocycles. The van der Waals surface area contributed by atoms with E-state index in [0.717, 1.165) is 37.6 Å². The van der Waals surface area contributed by atoms with E-state index in [2.05, 4.69) is 46.5 Å². The topological polar surface area (TPSA) is 76.5 Å². The molecule has 0 radical (unpaired) electrons. The molecular weight excluding hydrogens is 410 g/mol. The number of benzene rings is 2. The number of aryl methyl sites for hydroxylation is 1. The summed E-state index contributed by atoms with van der Waals surface area (Å²) in [6.45, 7) is 4.05. The number of aromatic nitrogens is 2. The van der Waals surface area contributed by atoms with E-state index in [0.29, 0.717) is 17.3 Å². The summed E-state index contributed by atoms with van der Waals surface area (Å²) >= 11 is 1.60. The Balaban J connectivity index is 1.68. The van der Waals surface area contributed by atoms with Crippen LogP contribution in [-0.4, -0.2) is 29.3 Å². The van der Waals surface area contributed by atoms with E-state index in [4.69, 9.17) is 9.47 Å². The zero-order valence-corrected chi connectivity index (χ0v) is 18.8. The highest BCUT2D eigenvalue weighted by Crippen LogP contribution is 2.35. The van der Waals surface area contributed by atoms with Crippen LogP contribution >= 0.6 is 11.3 Å². The van der Waals surface area contributed by atoms with E-state index in [-0.39, 0.29) is 12.6 Å². The van der Waals surface area contributed by atoms with Gasteiger partial charge in [0.25, 0.3) is 0 Å². The molecule has 0 amide bonds. The predicted octanol–water partition coefficient (Wildman–Crippen LogP) is 5.35. The van der Waals surface area contributed by atoms with Crippen LogP contribution in [0.2, 0.25) is 0 Å². The lowest BCUT2D eigenvalue weighted by atomic mass is 10.0. The summed E-state index contributed by atoms with van der Waals surface area (Å²) in [7, 11) is 3.23. The van der Waals surface area contributed by atoms with Gasteiger partial charge in [0, 0.05) is 27.2 Å². The fourth-order valence-corrected chi connectivity index (χ4v) is 4.41. The van der Waals surface area contributed by atoms with Gasteiger partial charge in [-0.25, -0.2) is 9.97 Å². The molecule has 0 fully saturated rings. The van der Waals surface area contributed by atoms with Gasteiger partial charge in [0.2, 0.25) is 0 Å². The number of anilines is 1. The van der Waals surface area contributed by atoms with Crippen LogP contribution < -0.4 is 14.8 Å². The number of rotatable bonds is 7. The average Bonchev–Trinajstić information content (AvgIpc) is 3.27. The van der Waals surface area contributed by atoms with Gasteiger partial charge >= 0.3 is 0 Å². The van der Waals surface area contributed by atoms with Gasteiger partial charge in [-0.05, 0) is 49.2 Å². The van der Waals surface area contributed by atoms with Gasteiger partial charge in [0.05, 0.1) is 26.3 Å². The molecule has 2 heterocycles. The molecule has 2 aromatic heterocycles. The van der Waals surface area contributed by atoms with E-state index in [1.807, 2.05) is 31.2 Å². The van der Waals surface area contributed by atoms with Crippen LogP contribution in [0.1, 0.15) is 29.2 Å². The number of methoxy groups -OCH3 is 2. The van der Waals surface area contributed by atoms with Crippen molar-refractivity contribution in [2.75, 3.05) is 19.5 Å². The molecule has 1 unspecified atom stereocenters. The number of thiophene rings is 1. The summed E-state index contributed by atoms with van der Waals surface area (Å²) in [5.74, 6) is 2.70. The Morgan fingerprint density at radius 2 is 1.81 bits per heavy atom. The van der Waals surface area contributed by atoms with Gasteiger partial charge in [-0.15, -0.1) is 11.3 Å². The standard InChI is InChI=1S/C24H25N3O3S/c1-14(16-6-5-7-17(10-16)23-9-8-18(13-28)31-23)25-24-19-11-21(29-3)22(30-4)12-20(19)26-15(2)27-24/h5-12,14,28H,13H2,1-4H3,(H,25,26,27). The number of hydrogen-bond donors (Lipinski definition) is 2. The van der Waals surface area contributed by atoms with Gasteiger partial charge in [-0.1, -0.05) is 18.2 Å². The Bertz CT molecular complexity index is 1220. The Morgan fingerprint density at radius 3 is 2.52 bits per heavy atom. The third-order valence-electron chi connectivity index (χ3n) is 5.15. The maximum absolute atomic E-state index is 9.36. The summed E-state index contributed by atoms with van der Waals surface area (Å²) in [4.78, 5) is 11.3. The molecule has 0 spiro atoms. The molecule has 0 saturated carbocycles. The number of aliphatic hydroxyl groups is 1. The van der Waals surface area contributed by atoms with Crippen molar-refractivity contribution >= 4 is 28.1 Å². The van der Waals surface area contributed by atoms with Gasteiger partial charge in [-0.2, -0.15) is 0 Å². The van der Waals surface area contributed by atoms with Gasteiger partial charge < -0.3 is 19.9 Å². The first-order valence-corrected chi connectivity index (χ1v) is 10.8. The van der Waals surface area contributed by atoms with Crippen LogP contribution in [-0.2, 0) is 6.61 Å². The highest BCUT2D eigenvalue weighted by atomic mass is 32.1. The lowest BCUT2D eigenvalue weighted by Gasteiger charge is -2.18. The molecule has 0 aliphatic rings. The van der Waals surface area contributed by atoms with Gasteiger partial charge in [-0.3, -0.25) is 0 Å². The Morgan fingerprint density at radius 1 is 1.03 bits per heavy atom. The SMILES string of the molecule is COc1cc2nc(C)nc(NC(C)c3cccc(-c4ccc(CO)s4)c3)c2cc1OC. The van der Waals surface area contributed by atoms with Crippen LogP contribution in [0.15, 0.2) is 48.5 Å². The first kappa shape index (κ1) is 21.1. The number of nitrogens with one attached hydrogen (secondary N) is 1. The Kier molecular flexibility index (Phi) is 6.06. The Hall–Kier alpha value is -3.16. The maximum atomic E-state index is 9.36. The van der Waals surface area contributed by atoms with Crippen molar-refractivity contribution in [3.63, 3.8) is 0 Å². The highest BCUT2D eigenvalue weighted by Gasteiger charge is 2.15. The minimum atomic E-state index is 0.0165. The second-order valence-electron chi connectivity index (χ2n) is 7.26. The van der Waals surface area contributed by atoms with Crippen molar-refractivity contribution in [2.24, 2.45) is 0 Å². The molecule has 2 aromatic carbocycles. The van der Waals surface area contributed by atoms with Crippen molar-refractivity contribution in [3.05, 3.63) is 64.8 Å². The van der Waals surface area contributed by atoms with Crippen LogP contribution in [0.4, 0.5) is 5.82 Å². The van der Waals surface area contributed by atoms with Crippen molar-refractivity contribution in [2.45, 2.75) is 26.5 Å². The van der Waals surface area contributed by atoms with Gasteiger partial charge in [0.15, 0.2) is 11.5 Å². The normalized spacial score (nSPS) is 12.0. The second kappa shape index (κ2) is 8.91. The minimum Gasteiger partial charge on any atom is -0.493 e. The monoisotopic (exact) mass is 435 g/mol. The zero-order valence-electron chi connectivity index (χ0n) is 18.0. The van der Waals surface area contributed by atoms with E-state index in [1.165, 1.54) is 0 Å². The summed E-state index contributed by atoms with van der Waals surface area (Å²) in [5.41, 5.74) is 3.07. The second-order valence-corrected chi connectivity index (χ2v) is 8.43. The maximum Gasteiger partial charge on any atom is 0.162 e. The first-order valence-electron chi connectivity index (χ1n) is 9.99. The summed E-state index contributed by atoms with van der Waals surface area (Å²) < 4.78 is 10.9. The van der Waals surface area contributed by atoms with Gasteiger partial charge in [0.1, 0.15) is 11.6 Å². The van der Waals surface area contributed by atoms with Crippen molar-refractivity contribution in [3.8, 4) is 21.9 Å². The lowest BCUT2D eigenvalue weighted by molar-refractivity contribution is 0.285. The highest BCUT2D eigenvalue weighted by molar-refractivity contribution is 7.15. The van der Waals surface area contributed by atoms with Crippen molar-refractivity contribution < 1.29 is 14.6 Å². The number of ether oxygens (including phenoxy) is 2. The van der Waals surface area contributed by atoms with E-state index in [1.54, 1.807) is 25.6 Å². The summed E-state index contributed by atoms with van der Waals surface area (Å²) in [6, 6.07) is 16.2. The summed E-state index contributed by atoms with van der Waals surface area (Å²) in [6.07, 6.45) is 0. The fourth-order valence-electron chi connectivity index (χ4n) is 3.55. The Labute approximate surface area is 185 Å². The van der Waals surface area contributed by atoms with E-state index >= 15 is 0 Å². The van der Waals surface area contributed by atoms with E-state index in [9.17, 15) is 5.11 Å². The van der Waals surface area contributed by atoms with Crippen LogP contribution in [0.3, 0.4) is 0 Å². The molecule has 0 bridgehead atoms. The summed E-state index contributed by atoms with van der Waals surface area (Å²) in [5, 5.41) is 13.8. The zero-order chi connectivity index (χ0) is 22.0. The van der Waals surface area contributed by atoms with Crippen molar-refractivity contribution in [1.29, 1.82) is 0 Å². The average molecular weight is 436 g/mol. The third kappa shape index (κ3) is 4.33. The minimum absolute atomic E-state index is 0.0165. The lowest BCUT2D eigenvalue weighted by Crippen LogP contribution is -2.10. The van der Waals surface area contributed by atoms with Crippen LogP contribution in [0, 0.1) is 6.92 Å². The molecule has 6 nitrogen and oxygen atoms in total. The smallest absolute Gasteiger partial charge is 0.162 e. The predicted molar refractivity (Wildman–Crippen MR) is 125 cm³/mol. The molecule has 4 rings (SSSR count). The number of hydrogen-bond acceptors (Lipinski definition) is 7. The van der Waals surface area contributed by atoms with Crippen LogP contribution in [0.5, 0.6) is 11.5 Å². The molecule has 31 heavy (non-hydrogen) atoms. The molecule has 0 aliphatic carbocycles. The molecule has 0 aliphatic heterocycles. The van der Waals surface area contributed by atoms with Crippen LogP contribution in [0.25, 0.3) is 21.3 Å². The largest absolute Gasteiger partial charge is 0.493 e. The molecule has 160 valence electrons. The molecule has 7 heteroatoms. The first-order chi connectivity index (χ1) is 15.0. The third-order valence-corrected chi connectivity index (χ3v) is 6.27.